The van der Waals surface area contributed by atoms with E-state index < -0.39 is 0 Å². The van der Waals surface area contributed by atoms with Crippen molar-refractivity contribution in [3.05, 3.63) is 84.9 Å². The highest BCUT2D eigenvalue weighted by molar-refractivity contribution is 6.27. The summed E-state index contributed by atoms with van der Waals surface area (Å²) in [6.07, 6.45) is 0. The summed E-state index contributed by atoms with van der Waals surface area (Å²) in [6.45, 7) is 0. The molecule has 6 rings (SSSR count). The van der Waals surface area contributed by atoms with Gasteiger partial charge in [-0.05, 0) is 60.6 Å². The standard InChI is InChI=1S/C24H14/c1-3-9-18-15(6-1)12-13-21-23(18)20-11-5-8-17-14-16-7-2-4-10-19(16)24(21)22(17)20/h1-14H. The van der Waals surface area contributed by atoms with E-state index in [1.54, 1.807) is 0 Å². The quantitative estimate of drug-likeness (QED) is 0.271. The Morgan fingerprint density at radius 2 is 1.12 bits per heavy atom. The number of benzene rings is 5. The minimum atomic E-state index is 1.31. The monoisotopic (exact) mass is 302 g/mol. The zero-order valence-electron chi connectivity index (χ0n) is 13.1. The molecule has 24 heavy (non-hydrogen) atoms. The molecule has 0 nitrogen and oxygen atoms in total. The predicted octanol–water partition coefficient (Wildman–Crippen LogP) is 6.79. The molecule has 0 saturated carbocycles. The lowest BCUT2D eigenvalue weighted by Gasteiger charge is -2.08. The van der Waals surface area contributed by atoms with Crippen molar-refractivity contribution in [3.63, 3.8) is 0 Å². The van der Waals surface area contributed by atoms with E-state index in [2.05, 4.69) is 84.9 Å². The summed E-state index contributed by atoms with van der Waals surface area (Å²) in [6, 6.07) is 31.1. The molecule has 0 bridgehead atoms. The third-order valence-corrected chi connectivity index (χ3v) is 5.36. The Labute approximate surface area is 140 Å². The molecule has 0 heterocycles. The first kappa shape index (κ1) is 12.3. The summed E-state index contributed by atoms with van der Waals surface area (Å²) < 4.78 is 0. The van der Waals surface area contributed by atoms with Crippen LogP contribution in [0.1, 0.15) is 0 Å². The van der Waals surface area contributed by atoms with E-state index in [9.17, 15) is 0 Å². The predicted molar refractivity (Wildman–Crippen MR) is 103 cm³/mol. The molecule has 1 aliphatic carbocycles. The Hall–Kier alpha value is -3.12. The molecule has 0 atom stereocenters. The van der Waals surface area contributed by atoms with Gasteiger partial charge in [-0.2, -0.15) is 0 Å². The van der Waals surface area contributed by atoms with Crippen LogP contribution in [0.2, 0.25) is 0 Å². The zero-order chi connectivity index (χ0) is 15.7. The van der Waals surface area contributed by atoms with Crippen LogP contribution in [-0.2, 0) is 0 Å². The zero-order valence-corrected chi connectivity index (χ0v) is 13.1. The van der Waals surface area contributed by atoms with Crippen molar-refractivity contribution in [2.75, 3.05) is 0 Å². The number of rotatable bonds is 0. The molecule has 5 aromatic rings. The van der Waals surface area contributed by atoms with Crippen LogP contribution in [0.25, 0.3) is 54.6 Å². The van der Waals surface area contributed by atoms with E-state index in [1.165, 1.54) is 54.6 Å². The second-order valence-electron chi connectivity index (χ2n) is 6.59. The summed E-state index contributed by atoms with van der Waals surface area (Å²) in [7, 11) is 0. The van der Waals surface area contributed by atoms with Gasteiger partial charge in [-0.3, -0.25) is 0 Å². The van der Waals surface area contributed by atoms with Gasteiger partial charge >= 0.3 is 0 Å². The van der Waals surface area contributed by atoms with Gasteiger partial charge in [0.15, 0.2) is 0 Å². The summed E-state index contributed by atoms with van der Waals surface area (Å²) in [5.74, 6) is 0. The van der Waals surface area contributed by atoms with Crippen LogP contribution < -0.4 is 0 Å². The van der Waals surface area contributed by atoms with Crippen molar-refractivity contribution >= 4 is 32.3 Å². The maximum Gasteiger partial charge on any atom is -0.00141 e. The van der Waals surface area contributed by atoms with Gasteiger partial charge in [0.1, 0.15) is 0 Å². The Morgan fingerprint density at radius 1 is 0.417 bits per heavy atom. The fourth-order valence-electron chi connectivity index (χ4n) is 4.38. The van der Waals surface area contributed by atoms with Crippen LogP contribution in [0.5, 0.6) is 0 Å². The van der Waals surface area contributed by atoms with Crippen molar-refractivity contribution < 1.29 is 0 Å². The Bertz CT molecular complexity index is 1290. The smallest absolute Gasteiger partial charge is 0.00141 e. The molecule has 0 N–H and O–H groups in total. The van der Waals surface area contributed by atoms with E-state index in [1.807, 2.05) is 0 Å². The summed E-state index contributed by atoms with van der Waals surface area (Å²) >= 11 is 0. The van der Waals surface area contributed by atoms with Crippen molar-refractivity contribution in [2.45, 2.75) is 0 Å². The molecule has 1 aliphatic rings. The highest BCUT2D eigenvalue weighted by atomic mass is 14.3. The van der Waals surface area contributed by atoms with E-state index in [-0.39, 0.29) is 0 Å². The average molecular weight is 302 g/mol. The van der Waals surface area contributed by atoms with E-state index in [0.717, 1.165) is 0 Å². The van der Waals surface area contributed by atoms with Crippen molar-refractivity contribution in [1.29, 1.82) is 0 Å². The molecule has 5 aromatic carbocycles. The topological polar surface area (TPSA) is 0 Å². The van der Waals surface area contributed by atoms with Gasteiger partial charge in [0.25, 0.3) is 0 Å². The molecule has 0 spiro atoms. The Morgan fingerprint density at radius 3 is 2.00 bits per heavy atom. The molecule has 0 heteroatoms. The average Bonchev–Trinajstić information content (AvgIpc) is 2.99. The van der Waals surface area contributed by atoms with Crippen molar-refractivity contribution in [2.24, 2.45) is 0 Å². The molecule has 0 fully saturated rings. The van der Waals surface area contributed by atoms with Crippen molar-refractivity contribution in [3.8, 4) is 22.3 Å². The molecule has 0 aliphatic heterocycles. The van der Waals surface area contributed by atoms with Gasteiger partial charge in [-0.15, -0.1) is 0 Å². The third-order valence-electron chi connectivity index (χ3n) is 5.36. The van der Waals surface area contributed by atoms with Crippen LogP contribution in [0.3, 0.4) is 0 Å². The van der Waals surface area contributed by atoms with Gasteiger partial charge in [-0.25, -0.2) is 0 Å². The molecule has 0 amide bonds. The summed E-state index contributed by atoms with van der Waals surface area (Å²) in [4.78, 5) is 0. The molecule has 0 aromatic heterocycles. The van der Waals surface area contributed by atoms with Crippen LogP contribution in [-0.4, -0.2) is 0 Å². The fraction of sp³-hybridized carbons (Fsp3) is 0. The normalized spacial score (nSPS) is 12.2. The summed E-state index contributed by atoms with van der Waals surface area (Å²) in [5.41, 5.74) is 5.54. The number of fused-ring (bicyclic) bond motifs is 7. The Kier molecular flexibility index (Phi) is 2.18. The third kappa shape index (κ3) is 1.39. The molecular weight excluding hydrogens is 288 g/mol. The number of hydrogen-bond acceptors (Lipinski definition) is 0. The SMILES string of the molecule is c1ccc2c3c(ccc2c1)-c1c2ccccc2cc2cccc-3c12. The first-order valence-corrected chi connectivity index (χ1v) is 8.39. The lowest BCUT2D eigenvalue weighted by Crippen LogP contribution is -1.81. The summed E-state index contributed by atoms with van der Waals surface area (Å²) in [5, 5.41) is 8.07. The molecule has 0 saturated heterocycles. The van der Waals surface area contributed by atoms with E-state index in [4.69, 9.17) is 0 Å². The van der Waals surface area contributed by atoms with Crippen molar-refractivity contribution in [1.82, 2.24) is 0 Å². The second-order valence-corrected chi connectivity index (χ2v) is 6.59. The second kappa shape index (κ2) is 4.24. The van der Waals surface area contributed by atoms with E-state index >= 15 is 0 Å². The maximum absolute atomic E-state index is 2.33. The fourth-order valence-corrected chi connectivity index (χ4v) is 4.38. The first-order valence-electron chi connectivity index (χ1n) is 8.39. The lowest BCUT2D eigenvalue weighted by molar-refractivity contribution is 1.73. The van der Waals surface area contributed by atoms with Gasteiger partial charge in [0, 0.05) is 0 Å². The molecule has 0 radical (unpaired) electrons. The van der Waals surface area contributed by atoms with E-state index in [0.29, 0.717) is 0 Å². The highest BCUT2D eigenvalue weighted by Crippen LogP contribution is 2.52. The van der Waals surface area contributed by atoms with Gasteiger partial charge in [0.05, 0.1) is 0 Å². The Balaban J connectivity index is 1.94. The minimum absolute atomic E-state index is 1.31. The maximum atomic E-state index is 2.33. The first-order chi connectivity index (χ1) is 11.9. The van der Waals surface area contributed by atoms with Gasteiger partial charge in [0.2, 0.25) is 0 Å². The molecular formula is C24H14. The van der Waals surface area contributed by atoms with Gasteiger partial charge < -0.3 is 0 Å². The van der Waals surface area contributed by atoms with Crippen LogP contribution >= 0.6 is 0 Å². The van der Waals surface area contributed by atoms with Crippen LogP contribution in [0.4, 0.5) is 0 Å². The lowest BCUT2D eigenvalue weighted by atomic mass is 9.95. The van der Waals surface area contributed by atoms with Crippen LogP contribution in [0, 0.1) is 0 Å². The van der Waals surface area contributed by atoms with Crippen LogP contribution in [0.15, 0.2) is 84.9 Å². The largest absolute Gasteiger partial charge is 0.0616 e. The highest BCUT2D eigenvalue weighted by Gasteiger charge is 2.24. The molecule has 110 valence electrons. The molecule has 0 unspecified atom stereocenters. The van der Waals surface area contributed by atoms with Gasteiger partial charge in [-0.1, -0.05) is 78.9 Å². The number of hydrogen-bond donors (Lipinski definition) is 0. The minimum Gasteiger partial charge on any atom is -0.0616 e.